The Balaban J connectivity index is 1.41. The van der Waals surface area contributed by atoms with E-state index in [1.54, 1.807) is 25.1 Å². The summed E-state index contributed by atoms with van der Waals surface area (Å²) in [5.74, 6) is 0.374. The largest absolute Gasteiger partial charge is 0.351 e. The topological polar surface area (TPSA) is 74.8 Å². The number of aromatic nitrogens is 2. The van der Waals surface area contributed by atoms with Crippen molar-refractivity contribution < 1.29 is 9.18 Å². The fourth-order valence-corrected chi connectivity index (χ4v) is 4.89. The van der Waals surface area contributed by atoms with E-state index in [0.717, 1.165) is 11.1 Å². The average molecular weight is 454 g/mol. The Labute approximate surface area is 186 Å². The molecule has 0 spiro atoms. The van der Waals surface area contributed by atoms with Gasteiger partial charge in [0, 0.05) is 23.1 Å². The number of thioether (sulfide) groups is 1. The van der Waals surface area contributed by atoms with E-state index < -0.39 is 0 Å². The van der Waals surface area contributed by atoms with Crippen LogP contribution < -0.4 is 10.9 Å². The van der Waals surface area contributed by atoms with Gasteiger partial charge in [-0.2, -0.15) is 0 Å². The number of carbonyl (C=O) groups excluding carboxylic acids is 1. The van der Waals surface area contributed by atoms with Crippen molar-refractivity contribution in [2.75, 3.05) is 0 Å². The van der Waals surface area contributed by atoms with Crippen LogP contribution >= 0.6 is 23.1 Å². The lowest BCUT2D eigenvalue weighted by atomic mass is 10.1. The number of nitrogens with one attached hydrogen (secondary N) is 2. The van der Waals surface area contributed by atoms with Crippen LogP contribution in [-0.2, 0) is 17.1 Å². The Morgan fingerprint density at radius 3 is 2.71 bits per heavy atom. The summed E-state index contributed by atoms with van der Waals surface area (Å²) in [4.78, 5) is 33.2. The number of aromatic amines is 1. The minimum absolute atomic E-state index is 0.134. The summed E-state index contributed by atoms with van der Waals surface area (Å²) in [7, 11) is 0. The van der Waals surface area contributed by atoms with Gasteiger partial charge in [-0.1, -0.05) is 48.5 Å². The van der Waals surface area contributed by atoms with Crippen molar-refractivity contribution in [1.29, 1.82) is 0 Å². The molecule has 0 saturated heterocycles. The van der Waals surface area contributed by atoms with Gasteiger partial charge in [0.2, 0.25) is 5.91 Å². The Morgan fingerprint density at radius 2 is 1.94 bits per heavy atom. The number of thiophene rings is 1. The van der Waals surface area contributed by atoms with Gasteiger partial charge in [0.25, 0.3) is 5.56 Å². The van der Waals surface area contributed by atoms with Gasteiger partial charge in [-0.05, 0) is 18.6 Å². The summed E-state index contributed by atoms with van der Waals surface area (Å²) in [6.07, 6.45) is 0. The molecule has 0 aliphatic rings. The fraction of sp³-hybridized carbons (Fsp3) is 0.174. The zero-order valence-electron chi connectivity index (χ0n) is 16.7. The molecule has 4 aromatic rings. The Morgan fingerprint density at radius 1 is 1.19 bits per heavy atom. The van der Waals surface area contributed by atoms with Crippen molar-refractivity contribution in [1.82, 2.24) is 15.3 Å². The highest BCUT2D eigenvalue weighted by molar-refractivity contribution is 7.99. The number of rotatable bonds is 7. The van der Waals surface area contributed by atoms with Crippen molar-refractivity contribution in [3.05, 3.63) is 87.5 Å². The van der Waals surface area contributed by atoms with E-state index in [4.69, 9.17) is 0 Å². The molecule has 1 atom stereocenters. The molecule has 2 N–H and O–H groups in total. The normalized spacial score (nSPS) is 12.1. The highest BCUT2D eigenvalue weighted by Gasteiger charge is 2.16. The number of hydrogen-bond donors (Lipinski definition) is 2. The lowest BCUT2D eigenvalue weighted by Gasteiger charge is -2.12. The second-order valence-corrected chi connectivity index (χ2v) is 9.16. The summed E-state index contributed by atoms with van der Waals surface area (Å²) in [5, 5.41) is 4.90. The van der Waals surface area contributed by atoms with Crippen molar-refractivity contribution in [3.63, 3.8) is 0 Å². The molecule has 2 heterocycles. The van der Waals surface area contributed by atoms with Gasteiger partial charge in [0.1, 0.15) is 16.5 Å². The third-order valence-corrected chi connectivity index (χ3v) is 6.85. The molecule has 0 bridgehead atoms. The maximum Gasteiger partial charge on any atom is 0.260 e. The number of H-pyrrole nitrogens is 1. The number of carbonyl (C=O) groups is 1. The first-order valence-electron chi connectivity index (χ1n) is 9.71. The van der Waals surface area contributed by atoms with Crippen molar-refractivity contribution >= 4 is 39.2 Å². The van der Waals surface area contributed by atoms with Gasteiger partial charge in [-0.25, -0.2) is 9.37 Å². The van der Waals surface area contributed by atoms with Crippen LogP contribution in [0.25, 0.3) is 21.3 Å². The summed E-state index contributed by atoms with van der Waals surface area (Å²) in [6.45, 7) is 1.91. The average Bonchev–Trinajstić information content (AvgIpc) is 3.22. The van der Waals surface area contributed by atoms with Gasteiger partial charge in [0.15, 0.2) is 0 Å². The highest BCUT2D eigenvalue weighted by atomic mass is 32.2. The van der Waals surface area contributed by atoms with E-state index in [-0.39, 0.29) is 29.1 Å². The Hall–Kier alpha value is -2.97. The van der Waals surface area contributed by atoms with Crippen LogP contribution in [0.4, 0.5) is 4.39 Å². The number of benzene rings is 2. The number of fused-ring (bicyclic) bond motifs is 1. The summed E-state index contributed by atoms with van der Waals surface area (Å²) in [5.41, 5.74) is 2.10. The Kier molecular flexibility index (Phi) is 6.48. The van der Waals surface area contributed by atoms with Crippen LogP contribution in [0.5, 0.6) is 0 Å². The summed E-state index contributed by atoms with van der Waals surface area (Å²) >= 11 is 2.79. The third-order valence-electron chi connectivity index (χ3n) is 4.83. The second kappa shape index (κ2) is 9.45. The molecule has 0 radical (unpaired) electrons. The molecule has 8 heteroatoms. The first-order valence-corrected chi connectivity index (χ1v) is 11.6. The molecular weight excluding hydrogens is 433 g/mol. The van der Waals surface area contributed by atoms with E-state index >= 15 is 0 Å². The molecular formula is C23H20FN3O2S2. The van der Waals surface area contributed by atoms with E-state index in [2.05, 4.69) is 15.3 Å². The van der Waals surface area contributed by atoms with Gasteiger partial charge in [-0.15, -0.1) is 23.1 Å². The van der Waals surface area contributed by atoms with Crippen molar-refractivity contribution in [2.24, 2.45) is 0 Å². The summed E-state index contributed by atoms with van der Waals surface area (Å²) < 4.78 is 13.7. The van der Waals surface area contributed by atoms with E-state index in [9.17, 15) is 14.0 Å². The maximum absolute atomic E-state index is 13.7. The summed E-state index contributed by atoms with van der Waals surface area (Å²) in [6, 6.07) is 16.1. The first-order chi connectivity index (χ1) is 15.0. The lowest BCUT2D eigenvalue weighted by Crippen LogP contribution is -2.30. The monoisotopic (exact) mass is 453 g/mol. The van der Waals surface area contributed by atoms with Crippen molar-refractivity contribution in [2.45, 2.75) is 24.5 Å². The van der Waals surface area contributed by atoms with Gasteiger partial charge >= 0.3 is 0 Å². The Bertz CT molecular complexity index is 1270. The minimum atomic E-state index is -0.379. The van der Waals surface area contributed by atoms with E-state index in [1.165, 1.54) is 29.2 Å². The molecule has 0 unspecified atom stereocenters. The maximum atomic E-state index is 13.7. The molecule has 0 saturated carbocycles. The molecule has 1 amide bonds. The zero-order valence-corrected chi connectivity index (χ0v) is 18.4. The molecule has 0 aliphatic heterocycles. The molecule has 158 valence electrons. The quantitative estimate of drug-likeness (QED) is 0.424. The van der Waals surface area contributed by atoms with E-state index in [1.807, 2.05) is 35.7 Å². The number of nitrogens with zero attached hydrogens (tertiary/aromatic N) is 1. The molecule has 2 aromatic heterocycles. The van der Waals surface area contributed by atoms with Crippen LogP contribution in [0.2, 0.25) is 0 Å². The standard InChI is InChI=1S/C23H20FN3O2S2/c1-14(21(28)25-11-16-9-5-6-10-18(16)24)30-13-19-26-22(29)20-17(12-31-23(20)27-19)15-7-3-2-4-8-15/h2-10,12,14H,11,13H2,1H3,(H,25,28)(H,26,27,29)/t14-/m0/s1. The van der Waals surface area contributed by atoms with Gasteiger partial charge in [0.05, 0.1) is 16.4 Å². The SMILES string of the molecule is C[C@H](SCc1nc2scc(-c3ccccc3)c2c(=O)[nH]1)C(=O)NCc1ccccc1F. The van der Waals surface area contributed by atoms with Crippen LogP contribution in [0.15, 0.2) is 64.8 Å². The number of halogens is 1. The first kappa shape index (κ1) is 21.3. The van der Waals surface area contributed by atoms with Crippen LogP contribution in [0.3, 0.4) is 0 Å². The van der Waals surface area contributed by atoms with Crippen LogP contribution in [-0.4, -0.2) is 21.1 Å². The third kappa shape index (κ3) is 4.86. The van der Waals surface area contributed by atoms with E-state index in [0.29, 0.717) is 27.4 Å². The molecule has 2 aromatic carbocycles. The minimum Gasteiger partial charge on any atom is -0.351 e. The number of amides is 1. The highest BCUT2D eigenvalue weighted by Crippen LogP contribution is 2.30. The molecule has 0 aliphatic carbocycles. The van der Waals surface area contributed by atoms with Crippen molar-refractivity contribution in [3.8, 4) is 11.1 Å². The predicted molar refractivity (Wildman–Crippen MR) is 125 cm³/mol. The van der Waals surface area contributed by atoms with Crippen LogP contribution in [0, 0.1) is 5.82 Å². The van der Waals surface area contributed by atoms with Crippen LogP contribution in [0.1, 0.15) is 18.3 Å². The second-order valence-electron chi connectivity index (χ2n) is 6.97. The molecule has 4 rings (SSSR count). The van der Waals surface area contributed by atoms with Gasteiger partial charge < -0.3 is 10.3 Å². The predicted octanol–water partition coefficient (Wildman–Crippen LogP) is 4.73. The molecule has 0 fully saturated rings. The fourth-order valence-electron chi connectivity index (χ4n) is 3.14. The van der Waals surface area contributed by atoms with Gasteiger partial charge in [-0.3, -0.25) is 9.59 Å². The lowest BCUT2D eigenvalue weighted by molar-refractivity contribution is -0.120. The zero-order chi connectivity index (χ0) is 21.8. The molecule has 5 nitrogen and oxygen atoms in total. The number of hydrogen-bond acceptors (Lipinski definition) is 5. The molecule has 31 heavy (non-hydrogen) atoms. The smallest absolute Gasteiger partial charge is 0.260 e.